The van der Waals surface area contributed by atoms with Crippen molar-refractivity contribution in [3.05, 3.63) is 157 Å². The van der Waals surface area contributed by atoms with Crippen molar-refractivity contribution in [2.75, 3.05) is 9.80 Å². The largest absolute Gasteiger partial charge is 0.436 e. The third-order valence-corrected chi connectivity index (χ3v) is 7.83. The Morgan fingerprint density at radius 2 is 1.11 bits per heavy atom. The zero-order chi connectivity index (χ0) is 31.8. The quantitative estimate of drug-likeness (QED) is 0.167. The molecule has 0 bridgehead atoms. The molecule has 1 aliphatic carbocycles. The molecule has 8 heteroatoms. The summed E-state index contributed by atoms with van der Waals surface area (Å²) < 4.78 is 62.0. The molecule has 0 saturated heterocycles. The highest BCUT2D eigenvalue weighted by molar-refractivity contribution is 5.84. The predicted octanol–water partition coefficient (Wildman–Crippen LogP) is 11.1. The number of rotatable bonds is 7. The molecule has 1 heterocycles. The molecule has 1 atom stereocenters. The monoisotopic (exact) mass is 617 g/mol. The van der Waals surface area contributed by atoms with Crippen molar-refractivity contribution < 1.29 is 22.0 Å². The lowest BCUT2D eigenvalue weighted by atomic mass is 9.97. The number of anilines is 5. The zero-order valence-electron chi connectivity index (χ0n) is 24.7. The summed E-state index contributed by atoms with van der Waals surface area (Å²) in [6.45, 7) is 1.52. The van der Waals surface area contributed by atoms with E-state index in [0.717, 1.165) is 22.6 Å². The van der Waals surface area contributed by atoms with Gasteiger partial charge in [0.1, 0.15) is 28.6 Å². The number of halogens is 4. The molecule has 1 aromatic heterocycles. The molecular weight excluding hydrogens is 590 g/mol. The number of benzene rings is 5. The Labute approximate surface area is 263 Å². The van der Waals surface area contributed by atoms with Crippen LogP contribution in [-0.2, 0) is 0 Å². The summed E-state index contributed by atoms with van der Waals surface area (Å²) in [4.78, 5) is 8.51. The molecule has 0 saturated carbocycles. The predicted molar refractivity (Wildman–Crippen MR) is 174 cm³/mol. The van der Waals surface area contributed by atoms with Gasteiger partial charge in [0, 0.05) is 52.2 Å². The van der Waals surface area contributed by atoms with E-state index in [1.807, 2.05) is 58.3 Å². The summed E-state index contributed by atoms with van der Waals surface area (Å²) in [5.41, 5.74) is 4.87. The topological polar surface area (TPSA) is 32.5 Å². The Morgan fingerprint density at radius 1 is 0.630 bits per heavy atom. The van der Waals surface area contributed by atoms with E-state index in [9.17, 15) is 17.6 Å². The van der Waals surface area contributed by atoms with Crippen LogP contribution in [0.2, 0.25) is 0 Å². The summed E-state index contributed by atoms with van der Waals surface area (Å²) in [5.74, 6) is -0.652. The minimum absolute atomic E-state index is 0.209. The van der Waals surface area contributed by atoms with Crippen molar-refractivity contribution >= 4 is 39.5 Å². The number of allylic oxidation sites excluding steroid dienone is 3. The minimum atomic E-state index is -1.44. The second kappa shape index (κ2) is 11.7. The van der Waals surface area contributed by atoms with E-state index in [4.69, 9.17) is 9.40 Å². The average molecular weight is 618 g/mol. The van der Waals surface area contributed by atoms with E-state index in [1.54, 1.807) is 42.5 Å². The maximum atomic E-state index is 14.6. The number of alkyl halides is 1. The van der Waals surface area contributed by atoms with Gasteiger partial charge in [-0.05, 0) is 128 Å². The summed E-state index contributed by atoms with van der Waals surface area (Å²) in [6.07, 6.45) is 5.29. The molecule has 4 nitrogen and oxygen atoms in total. The summed E-state index contributed by atoms with van der Waals surface area (Å²) in [7, 11) is 0. The Morgan fingerprint density at radius 3 is 1.61 bits per heavy atom. The van der Waals surface area contributed by atoms with Crippen LogP contribution in [0.15, 0.2) is 144 Å². The van der Waals surface area contributed by atoms with E-state index < -0.39 is 5.67 Å². The van der Waals surface area contributed by atoms with Crippen molar-refractivity contribution in [2.24, 2.45) is 0 Å². The minimum Gasteiger partial charge on any atom is -0.436 e. The fraction of sp³-hybridized carbons (Fsp3) is 0.0789. The third-order valence-electron chi connectivity index (χ3n) is 7.83. The molecule has 7 rings (SSSR count). The van der Waals surface area contributed by atoms with Crippen LogP contribution in [0.3, 0.4) is 0 Å². The smallest absolute Gasteiger partial charge is 0.227 e. The lowest BCUT2D eigenvalue weighted by Gasteiger charge is -2.29. The van der Waals surface area contributed by atoms with E-state index in [2.05, 4.69) is 0 Å². The summed E-state index contributed by atoms with van der Waals surface area (Å²) in [5, 5.41) is 0. The molecule has 0 N–H and O–H groups in total. The molecule has 0 spiro atoms. The first kappa shape index (κ1) is 29.1. The van der Waals surface area contributed by atoms with Gasteiger partial charge < -0.3 is 14.2 Å². The second-order valence-corrected chi connectivity index (χ2v) is 11.3. The maximum absolute atomic E-state index is 14.6. The normalized spacial score (nSPS) is 16.0. The van der Waals surface area contributed by atoms with E-state index >= 15 is 0 Å². The fourth-order valence-electron chi connectivity index (χ4n) is 5.46. The van der Waals surface area contributed by atoms with Gasteiger partial charge in [0.2, 0.25) is 5.89 Å². The molecule has 1 unspecified atom stereocenters. The first-order valence-corrected chi connectivity index (χ1v) is 14.7. The highest BCUT2D eigenvalue weighted by Gasteiger charge is 2.25. The van der Waals surface area contributed by atoms with Crippen molar-refractivity contribution in [3.63, 3.8) is 0 Å². The standard InChI is InChI=1S/C38H27F4N3O/c1-38(42)22-20-33(21-23-38)45(32-16-8-28(41)9-17-32)34-18-19-35-36(24-34)46-37(43-35)25-2-10-29(11-3-25)44(30-12-4-26(39)5-13-30)31-14-6-27(40)7-15-31/h2-22,24H,23H2,1H3. The number of nitrogens with zero attached hydrogens (tertiary/aromatic N) is 3. The summed E-state index contributed by atoms with van der Waals surface area (Å²) >= 11 is 0. The first-order chi connectivity index (χ1) is 22.2. The number of hydrogen-bond acceptors (Lipinski definition) is 4. The van der Waals surface area contributed by atoms with Gasteiger partial charge in [-0.1, -0.05) is 6.08 Å². The van der Waals surface area contributed by atoms with Gasteiger partial charge in [-0.15, -0.1) is 0 Å². The van der Waals surface area contributed by atoms with Crippen LogP contribution in [0, 0.1) is 17.5 Å². The first-order valence-electron chi connectivity index (χ1n) is 14.7. The van der Waals surface area contributed by atoms with Gasteiger partial charge in [0.25, 0.3) is 0 Å². The van der Waals surface area contributed by atoms with Crippen LogP contribution in [0.5, 0.6) is 0 Å². The zero-order valence-corrected chi connectivity index (χ0v) is 24.7. The average Bonchev–Trinajstić information content (AvgIpc) is 3.49. The van der Waals surface area contributed by atoms with Crippen molar-refractivity contribution in [1.29, 1.82) is 0 Å². The molecule has 0 amide bonds. The Bertz CT molecular complexity index is 2020. The van der Waals surface area contributed by atoms with Crippen LogP contribution in [0.4, 0.5) is 46.0 Å². The van der Waals surface area contributed by atoms with Crippen LogP contribution < -0.4 is 9.80 Å². The highest BCUT2D eigenvalue weighted by atomic mass is 19.1. The number of hydrogen-bond donors (Lipinski definition) is 0. The van der Waals surface area contributed by atoms with Gasteiger partial charge in [-0.25, -0.2) is 22.5 Å². The van der Waals surface area contributed by atoms with Crippen molar-refractivity contribution in [1.82, 2.24) is 4.98 Å². The molecular formula is C38H27F4N3O. The fourth-order valence-corrected chi connectivity index (χ4v) is 5.46. The van der Waals surface area contributed by atoms with Crippen molar-refractivity contribution in [2.45, 2.75) is 19.0 Å². The SMILES string of the molecule is CC1(F)C=CC(N(c2ccc(F)cc2)c2ccc3nc(-c4ccc(N(c5ccc(F)cc5)c5ccc(F)cc5)cc4)oc3c2)=CC1. The molecule has 5 aromatic carbocycles. The lowest BCUT2D eigenvalue weighted by Crippen LogP contribution is -2.22. The maximum Gasteiger partial charge on any atom is 0.227 e. The van der Waals surface area contributed by atoms with Crippen LogP contribution in [0.1, 0.15) is 13.3 Å². The van der Waals surface area contributed by atoms with Gasteiger partial charge >= 0.3 is 0 Å². The Balaban J connectivity index is 1.22. The molecule has 0 fully saturated rings. The second-order valence-electron chi connectivity index (χ2n) is 11.3. The van der Waals surface area contributed by atoms with E-state index in [1.165, 1.54) is 49.4 Å². The molecule has 0 aliphatic heterocycles. The molecule has 46 heavy (non-hydrogen) atoms. The number of aromatic nitrogens is 1. The molecule has 0 radical (unpaired) electrons. The molecule has 228 valence electrons. The van der Waals surface area contributed by atoms with Crippen LogP contribution >= 0.6 is 0 Å². The highest BCUT2D eigenvalue weighted by Crippen LogP contribution is 2.38. The van der Waals surface area contributed by atoms with Crippen LogP contribution in [-0.4, -0.2) is 10.7 Å². The summed E-state index contributed by atoms with van der Waals surface area (Å²) in [6, 6.07) is 31.4. The van der Waals surface area contributed by atoms with Gasteiger partial charge in [0.05, 0.1) is 0 Å². The van der Waals surface area contributed by atoms with Crippen LogP contribution in [0.25, 0.3) is 22.6 Å². The Hall–Kier alpha value is -5.63. The van der Waals surface area contributed by atoms with Crippen molar-refractivity contribution in [3.8, 4) is 11.5 Å². The van der Waals surface area contributed by atoms with E-state index in [0.29, 0.717) is 34.1 Å². The Kier molecular flexibility index (Phi) is 7.41. The number of oxazole rings is 1. The van der Waals surface area contributed by atoms with Gasteiger partial charge in [0.15, 0.2) is 5.58 Å². The number of fused-ring (bicyclic) bond motifs is 1. The molecule has 6 aromatic rings. The lowest BCUT2D eigenvalue weighted by molar-refractivity contribution is 0.259. The van der Waals surface area contributed by atoms with Gasteiger partial charge in [-0.2, -0.15) is 0 Å². The molecule has 1 aliphatic rings. The van der Waals surface area contributed by atoms with Gasteiger partial charge in [-0.3, -0.25) is 0 Å². The third kappa shape index (κ3) is 5.89. The van der Waals surface area contributed by atoms with E-state index in [-0.39, 0.29) is 23.9 Å².